The maximum absolute atomic E-state index is 5.63. The van der Waals surface area contributed by atoms with Gasteiger partial charge in [-0.2, -0.15) is 0 Å². The van der Waals surface area contributed by atoms with E-state index in [1.54, 1.807) is 0 Å². The first-order valence-electron chi connectivity index (χ1n) is 4.63. The molecule has 74 valence electrons. The van der Waals surface area contributed by atoms with Gasteiger partial charge in [-0.25, -0.2) is 0 Å². The van der Waals surface area contributed by atoms with Crippen molar-refractivity contribution in [2.45, 2.75) is 33.5 Å². The van der Waals surface area contributed by atoms with Crippen molar-refractivity contribution in [1.29, 1.82) is 0 Å². The largest absolute Gasteiger partial charge is 0.415 e. The zero-order chi connectivity index (χ0) is 9.61. The zero-order valence-electron chi connectivity index (χ0n) is 9.02. The molecule has 0 aliphatic rings. The maximum Gasteiger partial charge on any atom is 0.183 e. The summed E-state index contributed by atoms with van der Waals surface area (Å²) in [6.07, 6.45) is 0. The van der Waals surface area contributed by atoms with Crippen molar-refractivity contribution in [3.05, 3.63) is 0 Å². The van der Waals surface area contributed by atoms with Gasteiger partial charge in [0.25, 0.3) is 0 Å². The highest BCUT2D eigenvalue weighted by Crippen LogP contribution is 2.01. The molecule has 0 aromatic heterocycles. The second-order valence-corrected chi connectivity index (χ2v) is 8.94. The molecule has 0 unspecified atom stereocenters. The Morgan fingerprint density at radius 3 is 2.08 bits per heavy atom. The second-order valence-electron chi connectivity index (χ2n) is 4.43. The van der Waals surface area contributed by atoms with Gasteiger partial charge in [-0.05, 0) is 25.6 Å². The van der Waals surface area contributed by atoms with Crippen LogP contribution in [0.4, 0.5) is 0 Å². The summed E-state index contributed by atoms with van der Waals surface area (Å²) in [5.74, 6) is 0.622. The molecule has 0 N–H and O–H groups in total. The van der Waals surface area contributed by atoms with Crippen molar-refractivity contribution in [2.75, 3.05) is 19.8 Å². The lowest BCUT2D eigenvalue weighted by atomic mass is 10.2. The van der Waals surface area contributed by atoms with Crippen molar-refractivity contribution in [3.8, 4) is 0 Å². The molecule has 0 aromatic rings. The Hall–Kier alpha value is 0.137. The summed E-state index contributed by atoms with van der Waals surface area (Å²) in [7, 11) is -1.31. The average Bonchev–Trinajstić information content (AvgIpc) is 1.83. The third kappa shape index (κ3) is 10.1. The summed E-state index contributed by atoms with van der Waals surface area (Å²) < 4.78 is 11.0. The number of ether oxygens (including phenoxy) is 1. The Balaban J connectivity index is 3.12. The van der Waals surface area contributed by atoms with Crippen molar-refractivity contribution >= 4 is 8.32 Å². The first kappa shape index (κ1) is 12.1. The fourth-order valence-corrected chi connectivity index (χ4v) is 1.42. The van der Waals surface area contributed by atoms with E-state index >= 15 is 0 Å². The molecule has 2 nitrogen and oxygen atoms in total. The standard InChI is InChI=1S/C9H22O2Si/c1-9(2)8-10-6-7-11-12(3,4)5/h9H,6-8H2,1-5H3. The van der Waals surface area contributed by atoms with E-state index in [9.17, 15) is 0 Å². The molecule has 0 spiro atoms. The van der Waals surface area contributed by atoms with Gasteiger partial charge in [-0.1, -0.05) is 13.8 Å². The van der Waals surface area contributed by atoms with E-state index in [-0.39, 0.29) is 0 Å². The molecule has 0 radical (unpaired) electrons. The van der Waals surface area contributed by atoms with Crippen molar-refractivity contribution in [2.24, 2.45) is 5.92 Å². The van der Waals surface area contributed by atoms with Crippen LogP contribution in [0.3, 0.4) is 0 Å². The van der Waals surface area contributed by atoms with Crippen LogP contribution < -0.4 is 0 Å². The molecule has 0 aliphatic heterocycles. The van der Waals surface area contributed by atoms with Crippen LogP contribution in [0.1, 0.15) is 13.8 Å². The summed E-state index contributed by atoms with van der Waals surface area (Å²) in [6, 6.07) is 0. The molecule has 0 aromatic carbocycles. The Morgan fingerprint density at radius 2 is 1.67 bits per heavy atom. The molecule has 0 saturated heterocycles. The molecular formula is C9H22O2Si. The highest BCUT2D eigenvalue weighted by molar-refractivity contribution is 6.69. The summed E-state index contributed by atoms with van der Waals surface area (Å²) >= 11 is 0. The van der Waals surface area contributed by atoms with Crippen LogP contribution in [0.15, 0.2) is 0 Å². The van der Waals surface area contributed by atoms with Gasteiger partial charge in [0, 0.05) is 6.61 Å². The first-order chi connectivity index (χ1) is 5.42. The summed E-state index contributed by atoms with van der Waals surface area (Å²) in [4.78, 5) is 0. The number of hydrogen-bond donors (Lipinski definition) is 0. The highest BCUT2D eigenvalue weighted by Gasteiger charge is 2.12. The van der Waals surface area contributed by atoms with Gasteiger partial charge in [0.15, 0.2) is 8.32 Å². The third-order valence-electron chi connectivity index (χ3n) is 1.21. The monoisotopic (exact) mass is 190 g/mol. The first-order valence-corrected chi connectivity index (χ1v) is 8.04. The SMILES string of the molecule is CC(C)COCCO[Si](C)(C)C. The lowest BCUT2D eigenvalue weighted by Crippen LogP contribution is -2.27. The van der Waals surface area contributed by atoms with Crippen LogP contribution in [0, 0.1) is 5.92 Å². The molecule has 0 saturated carbocycles. The zero-order valence-corrected chi connectivity index (χ0v) is 10.0. The van der Waals surface area contributed by atoms with E-state index in [4.69, 9.17) is 9.16 Å². The lowest BCUT2D eigenvalue weighted by Gasteiger charge is -2.17. The van der Waals surface area contributed by atoms with Crippen LogP contribution in [0.2, 0.25) is 19.6 Å². The smallest absolute Gasteiger partial charge is 0.183 e. The quantitative estimate of drug-likeness (QED) is 0.473. The van der Waals surface area contributed by atoms with Gasteiger partial charge < -0.3 is 9.16 Å². The molecule has 0 fully saturated rings. The summed E-state index contributed by atoms with van der Waals surface area (Å²) in [5.41, 5.74) is 0. The normalized spacial score (nSPS) is 12.5. The third-order valence-corrected chi connectivity index (χ3v) is 2.28. The van der Waals surface area contributed by atoms with Gasteiger partial charge >= 0.3 is 0 Å². The fourth-order valence-electron chi connectivity index (χ4n) is 0.726. The Morgan fingerprint density at radius 1 is 1.08 bits per heavy atom. The fraction of sp³-hybridized carbons (Fsp3) is 1.00. The average molecular weight is 190 g/mol. The predicted octanol–water partition coefficient (Wildman–Crippen LogP) is 2.51. The van der Waals surface area contributed by atoms with E-state index in [1.807, 2.05) is 0 Å². The van der Waals surface area contributed by atoms with E-state index in [2.05, 4.69) is 33.5 Å². The van der Waals surface area contributed by atoms with E-state index in [1.165, 1.54) is 0 Å². The number of hydrogen-bond acceptors (Lipinski definition) is 2. The van der Waals surface area contributed by atoms with Gasteiger partial charge in [-0.3, -0.25) is 0 Å². The Kier molecular flexibility index (Phi) is 5.79. The molecule has 0 rings (SSSR count). The van der Waals surface area contributed by atoms with Crippen molar-refractivity contribution in [3.63, 3.8) is 0 Å². The molecular weight excluding hydrogens is 168 g/mol. The minimum Gasteiger partial charge on any atom is -0.415 e. The molecule has 0 atom stereocenters. The molecule has 12 heavy (non-hydrogen) atoms. The molecule has 0 aliphatic carbocycles. The van der Waals surface area contributed by atoms with Gasteiger partial charge in [-0.15, -0.1) is 0 Å². The van der Waals surface area contributed by atoms with Crippen LogP contribution >= 0.6 is 0 Å². The molecule has 0 heterocycles. The molecule has 0 bridgehead atoms. The van der Waals surface area contributed by atoms with Gasteiger partial charge in [0.05, 0.1) is 13.2 Å². The Labute approximate surface area is 77.4 Å². The number of rotatable bonds is 6. The maximum atomic E-state index is 5.63. The van der Waals surface area contributed by atoms with Crippen LogP contribution in [0.25, 0.3) is 0 Å². The van der Waals surface area contributed by atoms with Gasteiger partial charge in [0.2, 0.25) is 0 Å². The van der Waals surface area contributed by atoms with Crippen molar-refractivity contribution in [1.82, 2.24) is 0 Å². The molecule has 0 amide bonds. The van der Waals surface area contributed by atoms with Crippen LogP contribution in [-0.2, 0) is 9.16 Å². The highest BCUT2D eigenvalue weighted by atomic mass is 28.4. The summed E-state index contributed by atoms with van der Waals surface area (Å²) in [6.45, 7) is 13.2. The van der Waals surface area contributed by atoms with Gasteiger partial charge in [0.1, 0.15) is 0 Å². The summed E-state index contributed by atoms with van der Waals surface area (Å²) in [5, 5.41) is 0. The molecule has 3 heteroatoms. The van der Waals surface area contributed by atoms with E-state index in [0.29, 0.717) is 5.92 Å². The topological polar surface area (TPSA) is 18.5 Å². The van der Waals surface area contributed by atoms with Crippen LogP contribution in [-0.4, -0.2) is 28.1 Å². The Bertz CT molecular complexity index is 108. The van der Waals surface area contributed by atoms with Crippen LogP contribution in [0.5, 0.6) is 0 Å². The second kappa shape index (κ2) is 5.73. The van der Waals surface area contributed by atoms with E-state index in [0.717, 1.165) is 19.8 Å². The van der Waals surface area contributed by atoms with E-state index < -0.39 is 8.32 Å². The minimum atomic E-state index is -1.31. The predicted molar refractivity (Wildman–Crippen MR) is 55.0 cm³/mol. The minimum absolute atomic E-state index is 0.622. The van der Waals surface area contributed by atoms with Crippen molar-refractivity contribution < 1.29 is 9.16 Å². The lowest BCUT2D eigenvalue weighted by molar-refractivity contribution is 0.0800.